The molecule has 13 heavy (non-hydrogen) atoms. The van der Waals surface area contributed by atoms with Gasteiger partial charge in [0, 0.05) is 0 Å². The van der Waals surface area contributed by atoms with Crippen LogP contribution in [0.5, 0.6) is 0 Å². The average molecular weight is 255 g/mol. The minimum absolute atomic E-state index is 0.354. The number of hydrogen-bond donors (Lipinski definition) is 2. The molecule has 0 spiro atoms. The number of hydrogen-bond acceptors (Lipinski definition) is 5. The molecule has 7 heteroatoms. The zero-order valence-corrected chi connectivity index (χ0v) is 8.82. The van der Waals surface area contributed by atoms with Crippen LogP contribution in [0.2, 0.25) is 0 Å². The van der Waals surface area contributed by atoms with E-state index in [1.807, 2.05) is 0 Å². The number of benzene rings is 1. The van der Waals surface area contributed by atoms with Gasteiger partial charge in [-0.2, -0.15) is 8.75 Å². The second-order valence-corrected chi connectivity index (χ2v) is 3.84. The summed E-state index contributed by atoms with van der Waals surface area (Å²) in [6.45, 7) is 0. The Kier molecular flexibility index (Phi) is 1.92. The van der Waals surface area contributed by atoms with Crippen LogP contribution in [-0.4, -0.2) is 16.6 Å². The molecule has 4 nitrogen and oxygen atoms in total. The molecular formula is C6H4BBrN4S. The van der Waals surface area contributed by atoms with Gasteiger partial charge in [0.15, 0.2) is 0 Å². The van der Waals surface area contributed by atoms with E-state index in [0.717, 1.165) is 11.7 Å². The van der Waals surface area contributed by atoms with E-state index in [0.29, 0.717) is 32.3 Å². The molecule has 64 valence electrons. The zero-order valence-electron chi connectivity index (χ0n) is 6.41. The number of nitrogen functional groups attached to an aromatic ring is 2. The fourth-order valence-corrected chi connectivity index (χ4v) is 2.20. The summed E-state index contributed by atoms with van der Waals surface area (Å²) in [6, 6.07) is 0. The third-order valence-corrected chi connectivity index (χ3v) is 3.10. The number of nitrogens with two attached hydrogens (primary N) is 2. The van der Waals surface area contributed by atoms with Crippen LogP contribution in [-0.2, 0) is 0 Å². The van der Waals surface area contributed by atoms with Crippen LogP contribution in [0.25, 0.3) is 11.0 Å². The maximum absolute atomic E-state index is 5.71. The van der Waals surface area contributed by atoms with Crippen molar-refractivity contribution in [3.05, 3.63) is 4.47 Å². The first-order valence-electron chi connectivity index (χ1n) is 3.37. The lowest BCUT2D eigenvalue weighted by Gasteiger charge is -2.06. The standard InChI is InChI=1S/C6H4BBrN4S/c7-1-3(9)4(10)2(8)6-5(1)11-13-12-6/h9-10H2. The van der Waals surface area contributed by atoms with Gasteiger partial charge in [-0.05, 0) is 21.4 Å². The number of anilines is 2. The van der Waals surface area contributed by atoms with Crippen molar-refractivity contribution in [1.82, 2.24) is 8.75 Å². The molecule has 0 fully saturated rings. The van der Waals surface area contributed by atoms with Crippen molar-refractivity contribution in [3.63, 3.8) is 0 Å². The predicted octanol–water partition coefficient (Wildman–Crippen LogP) is 0.412. The molecular weight excluding hydrogens is 251 g/mol. The Hall–Kier alpha value is -0.815. The van der Waals surface area contributed by atoms with Gasteiger partial charge in [0.05, 0.1) is 27.6 Å². The Morgan fingerprint density at radius 1 is 1.15 bits per heavy atom. The first-order chi connectivity index (χ1) is 6.13. The zero-order chi connectivity index (χ0) is 9.59. The molecule has 0 bridgehead atoms. The van der Waals surface area contributed by atoms with E-state index in [4.69, 9.17) is 19.3 Å². The summed E-state index contributed by atoms with van der Waals surface area (Å²) in [5.41, 5.74) is 13.8. The van der Waals surface area contributed by atoms with Gasteiger partial charge < -0.3 is 11.5 Å². The number of nitrogens with zero attached hydrogens (tertiary/aromatic N) is 2. The fraction of sp³-hybridized carbons (Fsp3) is 0. The third kappa shape index (κ3) is 1.11. The van der Waals surface area contributed by atoms with Crippen LogP contribution in [0, 0.1) is 0 Å². The van der Waals surface area contributed by atoms with Crippen LogP contribution < -0.4 is 16.9 Å². The van der Waals surface area contributed by atoms with E-state index in [9.17, 15) is 0 Å². The summed E-state index contributed by atoms with van der Waals surface area (Å²) in [6.07, 6.45) is 0. The number of halogens is 1. The summed E-state index contributed by atoms with van der Waals surface area (Å²) in [7, 11) is 5.71. The Labute approximate surface area is 88.2 Å². The average Bonchev–Trinajstić information content (AvgIpc) is 2.59. The quantitative estimate of drug-likeness (QED) is 0.528. The largest absolute Gasteiger partial charge is 0.397 e. The highest BCUT2D eigenvalue weighted by molar-refractivity contribution is 9.10. The van der Waals surface area contributed by atoms with Gasteiger partial charge in [0.25, 0.3) is 0 Å². The van der Waals surface area contributed by atoms with Crippen molar-refractivity contribution < 1.29 is 0 Å². The SMILES string of the molecule is [B]c1c(N)c(N)c(Br)c2nsnc12. The van der Waals surface area contributed by atoms with Crippen LogP contribution >= 0.6 is 27.7 Å². The van der Waals surface area contributed by atoms with Crippen molar-refractivity contribution in [2.45, 2.75) is 0 Å². The minimum atomic E-state index is 0.354. The third-order valence-electron chi connectivity index (χ3n) is 1.77. The van der Waals surface area contributed by atoms with Gasteiger partial charge in [-0.1, -0.05) is 0 Å². The lowest BCUT2D eigenvalue weighted by Crippen LogP contribution is -2.14. The van der Waals surface area contributed by atoms with Crippen LogP contribution in [0.1, 0.15) is 0 Å². The van der Waals surface area contributed by atoms with Crippen LogP contribution in [0.3, 0.4) is 0 Å². The maximum Gasteiger partial charge on any atom is 0.120 e. The Morgan fingerprint density at radius 2 is 1.77 bits per heavy atom. The Balaban J connectivity index is 3.02. The van der Waals surface area contributed by atoms with Gasteiger partial charge in [-0.3, -0.25) is 0 Å². The highest BCUT2D eigenvalue weighted by Crippen LogP contribution is 2.30. The monoisotopic (exact) mass is 254 g/mol. The van der Waals surface area contributed by atoms with Gasteiger partial charge >= 0.3 is 0 Å². The van der Waals surface area contributed by atoms with E-state index in [1.165, 1.54) is 0 Å². The van der Waals surface area contributed by atoms with E-state index < -0.39 is 0 Å². The fourth-order valence-electron chi connectivity index (χ4n) is 1.03. The molecule has 2 radical (unpaired) electrons. The summed E-state index contributed by atoms with van der Waals surface area (Å²) >= 11 is 4.37. The Morgan fingerprint density at radius 3 is 2.46 bits per heavy atom. The van der Waals surface area contributed by atoms with Gasteiger partial charge in [-0.25, -0.2) is 0 Å². The smallest absolute Gasteiger partial charge is 0.120 e. The second-order valence-electron chi connectivity index (χ2n) is 2.52. The first-order valence-corrected chi connectivity index (χ1v) is 4.89. The molecule has 4 N–H and O–H groups in total. The van der Waals surface area contributed by atoms with Gasteiger partial charge in [-0.15, -0.1) is 0 Å². The molecule has 0 saturated carbocycles. The summed E-state index contributed by atoms with van der Waals surface area (Å²) < 4.78 is 8.73. The molecule has 1 aromatic carbocycles. The second kappa shape index (κ2) is 2.85. The van der Waals surface area contributed by atoms with E-state index >= 15 is 0 Å². The first kappa shape index (κ1) is 8.77. The van der Waals surface area contributed by atoms with Crippen molar-refractivity contribution in [1.29, 1.82) is 0 Å². The van der Waals surface area contributed by atoms with Crippen molar-refractivity contribution in [3.8, 4) is 0 Å². The molecule has 1 heterocycles. The highest BCUT2D eigenvalue weighted by atomic mass is 79.9. The van der Waals surface area contributed by atoms with E-state index in [1.54, 1.807) is 0 Å². The van der Waals surface area contributed by atoms with Crippen molar-refractivity contribution >= 4 is 63.4 Å². The number of rotatable bonds is 0. The predicted molar refractivity (Wildman–Crippen MR) is 59.3 cm³/mol. The van der Waals surface area contributed by atoms with Crippen LogP contribution in [0.4, 0.5) is 11.4 Å². The van der Waals surface area contributed by atoms with Gasteiger partial charge in [0.1, 0.15) is 18.9 Å². The minimum Gasteiger partial charge on any atom is -0.397 e. The molecule has 0 aliphatic heterocycles. The molecule has 2 aromatic rings. The van der Waals surface area contributed by atoms with Crippen molar-refractivity contribution in [2.24, 2.45) is 0 Å². The molecule has 0 aliphatic carbocycles. The normalized spacial score (nSPS) is 10.8. The summed E-state index contributed by atoms with van der Waals surface area (Å²) in [5.74, 6) is 0. The topological polar surface area (TPSA) is 77.8 Å². The summed E-state index contributed by atoms with van der Waals surface area (Å²) in [5, 5.41) is 0. The molecule has 0 amide bonds. The van der Waals surface area contributed by atoms with E-state index in [2.05, 4.69) is 24.7 Å². The highest BCUT2D eigenvalue weighted by Gasteiger charge is 2.13. The molecule has 0 atom stereocenters. The molecule has 0 unspecified atom stereocenters. The number of aromatic nitrogens is 2. The van der Waals surface area contributed by atoms with Gasteiger partial charge in [0.2, 0.25) is 0 Å². The lowest BCUT2D eigenvalue weighted by atomic mass is 9.92. The Bertz CT molecular complexity index is 441. The number of fused-ring (bicyclic) bond motifs is 1. The molecule has 0 saturated heterocycles. The summed E-state index contributed by atoms with van der Waals surface area (Å²) in [4.78, 5) is 0. The van der Waals surface area contributed by atoms with Crippen LogP contribution in [0.15, 0.2) is 4.47 Å². The maximum atomic E-state index is 5.71. The molecule has 0 aliphatic rings. The lowest BCUT2D eigenvalue weighted by molar-refractivity contribution is 1.62. The van der Waals surface area contributed by atoms with Crippen molar-refractivity contribution in [2.75, 3.05) is 11.5 Å². The molecule has 1 aromatic heterocycles. The molecule has 2 rings (SSSR count). The van der Waals surface area contributed by atoms with E-state index in [-0.39, 0.29) is 0 Å².